The molecule has 11 heavy (non-hydrogen) atoms. The Balaban J connectivity index is 3.83. The first-order chi connectivity index (χ1) is 4.89. The average molecular weight is 176 g/mol. The third kappa shape index (κ3) is 4.70. The Morgan fingerprint density at radius 3 is 2.00 bits per heavy atom. The quantitative estimate of drug-likeness (QED) is 0.511. The van der Waals surface area contributed by atoms with E-state index in [0.717, 1.165) is 12.3 Å². The Hall–Kier alpha value is 0.310. The molecule has 0 aliphatic heterocycles. The normalized spacial score (nSPS) is 15.5. The second kappa shape index (κ2) is 4.36. The van der Waals surface area contributed by atoms with Crippen molar-refractivity contribution in [1.29, 1.82) is 0 Å². The molecule has 0 N–H and O–H groups in total. The van der Waals surface area contributed by atoms with E-state index in [2.05, 4.69) is 47.5 Å². The maximum Gasteiger partial charge on any atom is 0.0772 e. The Morgan fingerprint density at radius 2 is 1.73 bits per heavy atom. The molecule has 68 valence electrons. The van der Waals surface area contributed by atoms with Gasteiger partial charge in [-0.15, -0.1) is 0 Å². The lowest BCUT2D eigenvalue weighted by Crippen LogP contribution is -2.25. The highest BCUT2D eigenvalue weighted by Gasteiger charge is 2.22. The van der Waals surface area contributed by atoms with Gasteiger partial charge in [0.15, 0.2) is 0 Å². The van der Waals surface area contributed by atoms with Crippen LogP contribution in [0.4, 0.5) is 0 Å². The third-order valence-electron chi connectivity index (χ3n) is 2.20. The summed E-state index contributed by atoms with van der Waals surface area (Å²) in [6.45, 7) is 10.9. The summed E-state index contributed by atoms with van der Waals surface area (Å²) in [6, 6.07) is 0. The molecule has 0 fully saturated rings. The smallest absolute Gasteiger partial charge is 0.0772 e. The molecule has 0 aromatic carbocycles. The Labute approximate surface area is 76.1 Å². The molecule has 1 nitrogen and oxygen atoms in total. The van der Waals surface area contributed by atoms with Gasteiger partial charge >= 0.3 is 0 Å². The fraction of sp³-hybridized carbons (Fsp3) is 1.00. The van der Waals surface area contributed by atoms with Crippen LogP contribution in [0.25, 0.3) is 0 Å². The summed E-state index contributed by atoms with van der Waals surface area (Å²) >= 11 is 3.84. The van der Waals surface area contributed by atoms with Crippen LogP contribution in [0.1, 0.15) is 41.0 Å². The standard InChI is InChI=1S/C9H20OS/c1-7(2)8(3)6-9(4,5)10-11/h7-8,11H,6H2,1-5H3. The molecule has 0 aromatic heterocycles. The van der Waals surface area contributed by atoms with Crippen LogP contribution in [0.15, 0.2) is 0 Å². The van der Waals surface area contributed by atoms with Crippen LogP contribution >= 0.6 is 12.9 Å². The molecule has 2 heteroatoms. The zero-order valence-electron chi connectivity index (χ0n) is 8.22. The van der Waals surface area contributed by atoms with Gasteiger partial charge in [-0.3, -0.25) is 0 Å². The van der Waals surface area contributed by atoms with Crippen molar-refractivity contribution in [3.8, 4) is 0 Å². The minimum atomic E-state index is -0.0905. The highest BCUT2D eigenvalue weighted by molar-refractivity contribution is 7.75. The molecule has 0 heterocycles. The molecule has 0 aliphatic rings. The van der Waals surface area contributed by atoms with E-state index in [4.69, 9.17) is 4.18 Å². The summed E-state index contributed by atoms with van der Waals surface area (Å²) in [6.07, 6.45) is 1.06. The SMILES string of the molecule is CC(C)C(C)CC(C)(C)OS. The molecule has 0 saturated carbocycles. The second-order valence-corrected chi connectivity index (χ2v) is 4.46. The maximum absolute atomic E-state index is 5.05. The topological polar surface area (TPSA) is 9.23 Å². The molecule has 0 amide bonds. The van der Waals surface area contributed by atoms with Crippen LogP contribution in [0.2, 0.25) is 0 Å². The predicted octanol–water partition coefficient (Wildman–Crippen LogP) is 3.31. The van der Waals surface area contributed by atoms with Crippen LogP contribution in [0.5, 0.6) is 0 Å². The van der Waals surface area contributed by atoms with Crippen molar-refractivity contribution in [1.82, 2.24) is 0 Å². The van der Waals surface area contributed by atoms with E-state index < -0.39 is 0 Å². The Kier molecular flexibility index (Phi) is 4.49. The van der Waals surface area contributed by atoms with E-state index in [0.29, 0.717) is 5.92 Å². The zero-order chi connectivity index (χ0) is 9.07. The van der Waals surface area contributed by atoms with Gasteiger partial charge in [0, 0.05) is 0 Å². The van der Waals surface area contributed by atoms with Crippen LogP contribution in [0, 0.1) is 11.8 Å². The zero-order valence-corrected chi connectivity index (χ0v) is 9.11. The molecule has 0 saturated heterocycles. The van der Waals surface area contributed by atoms with Crippen molar-refractivity contribution in [2.75, 3.05) is 0 Å². The van der Waals surface area contributed by atoms with Crippen molar-refractivity contribution in [2.45, 2.75) is 46.6 Å². The van der Waals surface area contributed by atoms with Crippen molar-refractivity contribution < 1.29 is 4.18 Å². The van der Waals surface area contributed by atoms with Gasteiger partial charge in [-0.25, -0.2) is 0 Å². The van der Waals surface area contributed by atoms with Crippen LogP contribution in [0.3, 0.4) is 0 Å². The first-order valence-corrected chi connectivity index (χ1v) is 4.58. The summed E-state index contributed by atoms with van der Waals surface area (Å²) in [5, 5.41) is 0. The fourth-order valence-corrected chi connectivity index (χ4v) is 1.12. The number of thiol groups is 1. The van der Waals surface area contributed by atoms with Gasteiger partial charge < -0.3 is 4.18 Å². The van der Waals surface area contributed by atoms with Crippen molar-refractivity contribution >= 4 is 12.9 Å². The van der Waals surface area contributed by atoms with E-state index in [-0.39, 0.29) is 5.60 Å². The van der Waals surface area contributed by atoms with Gasteiger partial charge in [-0.1, -0.05) is 20.8 Å². The molecule has 0 bridgehead atoms. The van der Waals surface area contributed by atoms with E-state index in [9.17, 15) is 0 Å². The first kappa shape index (κ1) is 11.3. The van der Waals surface area contributed by atoms with Crippen LogP contribution in [-0.4, -0.2) is 5.60 Å². The van der Waals surface area contributed by atoms with Gasteiger partial charge in [0.05, 0.1) is 5.60 Å². The third-order valence-corrected chi connectivity index (χ3v) is 2.69. The molecule has 0 radical (unpaired) electrons. The van der Waals surface area contributed by atoms with E-state index in [1.165, 1.54) is 0 Å². The van der Waals surface area contributed by atoms with Crippen LogP contribution in [-0.2, 0) is 4.18 Å². The molecule has 1 unspecified atom stereocenters. The summed E-state index contributed by atoms with van der Waals surface area (Å²) in [4.78, 5) is 0. The molecule has 0 aliphatic carbocycles. The molecule has 1 atom stereocenters. The molecular formula is C9H20OS. The number of hydrogen-bond acceptors (Lipinski definition) is 2. The fourth-order valence-electron chi connectivity index (χ4n) is 1.05. The van der Waals surface area contributed by atoms with E-state index in [1.54, 1.807) is 0 Å². The monoisotopic (exact) mass is 176 g/mol. The van der Waals surface area contributed by atoms with Gasteiger partial charge in [0.25, 0.3) is 0 Å². The van der Waals surface area contributed by atoms with Crippen molar-refractivity contribution in [3.63, 3.8) is 0 Å². The molecule has 0 rings (SSSR count). The number of hydrogen-bond donors (Lipinski definition) is 1. The first-order valence-electron chi connectivity index (χ1n) is 4.21. The van der Waals surface area contributed by atoms with E-state index >= 15 is 0 Å². The minimum Gasteiger partial charge on any atom is -0.313 e. The van der Waals surface area contributed by atoms with Gasteiger partial charge in [-0.05, 0) is 45.0 Å². The van der Waals surface area contributed by atoms with Crippen molar-refractivity contribution in [3.05, 3.63) is 0 Å². The summed E-state index contributed by atoms with van der Waals surface area (Å²) in [5.74, 6) is 1.41. The van der Waals surface area contributed by atoms with Gasteiger partial charge in [0.2, 0.25) is 0 Å². The summed E-state index contributed by atoms with van der Waals surface area (Å²) < 4.78 is 5.05. The van der Waals surface area contributed by atoms with Gasteiger partial charge in [-0.2, -0.15) is 0 Å². The average Bonchev–Trinajstić information content (AvgIpc) is 1.87. The maximum atomic E-state index is 5.05. The highest BCUT2D eigenvalue weighted by atomic mass is 32.1. The lowest BCUT2D eigenvalue weighted by Gasteiger charge is -2.27. The lowest BCUT2D eigenvalue weighted by molar-refractivity contribution is 0.102. The lowest BCUT2D eigenvalue weighted by atomic mass is 9.87. The van der Waals surface area contributed by atoms with Crippen LogP contribution < -0.4 is 0 Å². The summed E-state index contributed by atoms with van der Waals surface area (Å²) in [5.41, 5.74) is -0.0905. The molecule has 0 aromatic rings. The second-order valence-electron chi connectivity index (χ2n) is 4.28. The Morgan fingerprint density at radius 1 is 1.27 bits per heavy atom. The van der Waals surface area contributed by atoms with Gasteiger partial charge in [0.1, 0.15) is 0 Å². The predicted molar refractivity (Wildman–Crippen MR) is 52.8 cm³/mol. The summed E-state index contributed by atoms with van der Waals surface area (Å²) in [7, 11) is 0. The van der Waals surface area contributed by atoms with E-state index in [1.807, 2.05) is 0 Å². The molecule has 0 spiro atoms. The highest BCUT2D eigenvalue weighted by Crippen LogP contribution is 2.25. The molecular weight excluding hydrogens is 156 g/mol. The number of rotatable bonds is 4. The Bertz CT molecular complexity index is 110. The van der Waals surface area contributed by atoms with Crippen molar-refractivity contribution in [2.24, 2.45) is 11.8 Å². The minimum absolute atomic E-state index is 0.0905. The largest absolute Gasteiger partial charge is 0.313 e.